The number of anilines is 4. The van der Waals surface area contributed by atoms with Gasteiger partial charge >= 0.3 is 20.1 Å². The van der Waals surface area contributed by atoms with E-state index in [0.29, 0.717) is 11.8 Å². The molecule has 0 radical (unpaired) electrons. The molecule has 5 aromatic carbocycles. The zero-order valence-electron chi connectivity index (χ0n) is 31.8. The number of pyridine rings is 1. The molecule has 10 rings (SSSR count). The second-order valence-electron chi connectivity index (χ2n) is 15.2. The van der Waals surface area contributed by atoms with Crippen molar-refractivity contribution in [3.05, 3.63) is 169 Å². The van der Waals surface area contributed by atoms with Crippen molar-refractivity contribution in [1.29, 1.82) is 0 Å². The number of fused-ring (bicyclic) bond motifs is 6. The molecule has 0 saturated heterocycles. The number of furan rings is 1. The normalized spacial score (nSPS) is 13.8. The molecule has 0 unspecified atom stereocenters. The maximum atomic E-state index is 6.44. The van der Waals surface area contributed by atoms with E-state index in [1.807, 2.05) is 61.1 Å². The maximum absolute atomic E-state index is 6.44. The minimum Gasteiger partial charge on any atom is -0.493 e. The number of aromatic nitrogens is 3. The quantitative estimate of drug-likeness (QED) is 0.161. The molecule has 7 heteroatoms. The van der Waals surface area contributed by atoms with Gasteiger partial charge in [-0.1, -0.05) is 107 Å². The summed E-state index contributed by atoms with van der Waals surface area (Å²) < 4.78 is 8.66. The van der Waals surface area contributed by atoms with Crippen LogP contribution in [-0.4, -0.2) is 14.5 Å². The predicted molar refractivity (Wildman–Crippen MR) is 220 cm³/mol. The van der Waals surface area contributed by atoms with Crippen molar-refractivity contribution in [3.63, 3.8) is 0 Å². The molecule has 6 nitrogen and oxygen atoms in total. The Morgan fingerprint density at radius 1 is 0.727 bits per heavy atom. The van der Waals surface area contributed by atoms with Crippen LogP contribution in [0, 0.1) is 18.8 Å². The van der Waals surface area contributed by atoms with Gasteiger partial charge in [-0.15, -0.1) is 42.6 Å². The maximum Gasteiger partial charge on any atom is 3.00 e. The van der Waals surface area contributed by atoms with Crippen molar-refractivity contribution in [2.45, 2.75) is 58.8 Å². The number of imidazole rings is 1. The molecule has 8 aromatic rings. The first-order chi connectivity index (χ1) is 26.2. The summed E-state index contributed by atoms with van der Waals surface area (Å²) in [5, 5.41) is 2.25. The van der Waals surface area contributed by atoms with E-state index >= 15 is 0 Å². The van der Waals surface area contributed by atoms with Crippen LogP contribution < -0.4 is 9.80 Å². The van der Waals surface area contributed by atoms with Crippen molar-refractivity contribution in [3.8, 4) is 17.1 Å². The molecule has 0 spiro atoms. The van der Waals surface area contributed by atoms with Crippen LogP contribution in [0.3, 0.4) is 0 Å². The number of para-hydroxylation sites is 3. The van der Waals surface area contributed by atoms with Gasteiger partial charge in [0.05, 0.1) is 5.82 Å². The van der Waals surface area contributed by atoms with Crippen molar-refractivity contribution < 1.29 is 24.5 Å². The Hall–Kier alpha value is -5.49. The Morgan fingerprint density at radius 3 is 2.18 bits per heavy atom. The van der Waals surface area contributed by atoms with E-state index in [1.54, 1.807) is 0 Å². The van der Waals surface area contributed by atoms with E-state index in [9.17, 15) is 0 Å². The molecule has 2 aliphatic heterocycles. The number of hydrogen-bond donors (Lipinski definition) is 0. The molecule has 2 aliphatic rings. The fourth-order valence-electron chi connectivity index (χ4n) is 8.22. The Morgan fingerprint density at radius 2 is 1.45 bits per heavy atom. The molecule has 0 saturated carbocycles. The first-order valence-corrected chi connectivity index (χ1v) is 18.7. The Kier molecular flexibility index (Phi) is 9.48. The van der Waals surface area contributed by atoms with Crippen LogP contribution in [0.2, 0.25) is 0 Å². The molecule has 5 heterocycles. The van der Waals surface area contributed by atoms with Gasteiger partial charge in [-0.2, -0.15) is 12.1 Å². The summed E-state index contributed by atoms with van der Waals surface area (Å²) in [5.41, 5.74) is 13.6. The van der Waals surface area contributed by atoms with Gasteiger partial charge in [0, 0.05) is 53.1 Å². The third-order valence-corrected chi connectivity index (χ3v) is 10.9. The van der Waals surface area contributed by atoms with Crippen LogP contribution in [0.5, 0.6) is 0 Å². The molecule has 0 fully saturated rings. The first kappa shape index (κ1) is 36.5. The zero-order chi connectivity index (χ0) is 37.1. The van der Waals surface area contributed by atoms with E-state index < -0.39 is 0 Å². The monoisotopic (exact) mass is 897 g/mol. The minimum absolute atomic E-state index is 0. The standard InChI is InChI=1S/C27H19N3O.C21H23N2.Ir/c1-27(2)20-7-5-8-22-25(20)30(16-29(22)17-12-14-28-15-13-17)21-11-10-19-18-6-3-4-9-23(18)31-26(19)24(21)27;1-15(2)18-11-8-12-19(16(3)4)20(18)23-14-13-22-21(23)17-9-6-5-7-10-17;/h3-10,12-16H,1-2H3;5-9,11-16H,1-4H3;/q-2;-1;+3. The van der Waals surface area contributed by atoms with Crippen LogP contribution in [0.1, 0.15) is 75.6 Å². The average molecular weight is 897 g/mol. The van der Waals surface area contributed by atoms with E-state index in [0.717, 1.165) is 44.7 Å². The third-order valence-electron chi connectivity index (χ3n) is 10.9. The molecule has 0 N–H and O–H groups in total. The summed E-state index contributed by atoms with van der Waals surface area (Å²) in [6, 6.07) is 42.5. The van der Waals surface area contributed by atoms with Gasteiger partial charge in [0.25, 0.3) is 0 Å². The Balaban J connectivity index is 0.000000160. The largest absolute Gasteiger partial charge is 3.00 e. The van der Waals surface area contributed by atoms with Crippen molar-refractivity contribution in [2.24, 2.45) is 0 Å². The summed E-state index contributed by atoms with van der Waals surface area (Å²) in [5.74, 6) is 1.86. The van der Waals surface area contributed by atoms with Crippen LogP contribution in [0.15, 0.2) is 132 Å². The van der Waals surface area contributed by atoms with Gasteiger partial charge < -0.3 is 18.8 Å². The molecule has 0 amide bonds. The molecule has 274 valence electrons. The molecular weight excluding hydrogens is 855 g/mol. The van der Waals surface area contributed by atoms with Gasteiger partial charge in [-0.3, -0.25) is 9.97 Å². The average Bonchev–Trinajstić information content (AvgIpc) is 3.94. The molecule has 55 heavy (non-hydrogen) atoms. The molecule has 3 aromatic heterocycles. The summed E-state index contributed by atoms with van der Waals surface area (Å²) in [6.45, 7) is 15.7. The Bertz CT molecular complexity index is 2610. The fourth-order valence-corrected chi connectivity index (χ4v) is 8.22. The molecule has 0 bridgehead atoms. The van der Waals surface area contributed by atoms with Crippen molar-refractivity contribution in [1.82, 2.24) is 14.5 Å². The fraction of sp³-hybridized carbons (Fsp3) is 0.188. The number of rotatable bonds is 5. The van der Waals surface area contributed by atoms with Crippen LogP contribution >= 0.6 is 0 Å². The second kappa shape index (κ2) is 14.3. The van der Waals surface area contributed by atoms with E-state index in [2.05, 4.69) is 152 Å². The zero-order valence-corrected chi connectivity index (χ0v) is 34.2. The predicted octanol–water partition coefficient (Wildman–Crippen LogP) is 12.4. The molecule has 0 aliphatic carbocycles. The molecule has 0 atom stereocenters. The van der Waals surface area contributed by atoms with Gasteiger partial charge in [0.15, 0.2) is 0 Å². The van der Waals surface area contributed by atoms with E-state index in [1.165, 1.54) is 39.3 Å². The second-order valence-corrected chi connectivity index (χ2v) is 15.2. The Labute approximate surface area is 336 Å². The van der Waals surface area contributed by atoms with Gasteiger partial charge in [-0.05, 0) is 63.6 Å². The summed E-state index contributed by atoms with van der Waals surface area (Å²) in [4.78, 5) is 13.3. The summed E-state index contributed by atoms with van der Waals surface area (Å²) in [7, 11) is 0. The van der Waals surface area contributed by atoms with Crippen molar-refractivity contribution in [2.75, 3.05) is 9.80 Å². The van der Waals surface area contributed by atoms with Crippen molar-refractivity contribution >= 4 is 44.7 Å². The SMILES string of the molecule is CC(C)c1cccc(C(C)C)c1-n1ccnc1-c1[c-]cccc1.CC1(C)c2cccc3c2N([CH-]N3c2ccncc2)c2[c-]cc3c(oc4ccccc43)c21.[Ir+3]. The van der Waals surface area contributed by atoms with Crippen LogP contribution in [-0.2, 0) is 25.5 Å². The number of benzene rings is 5. The van der Waals surface area contributed by atoms with E-state index in [4.69, 9.17) is 4.42 Å². The smallest absolute Gasteiger partial charge is 0.493 e. The van der Waals surface area contributed by atoms with Crippen LogP contribution in [0.25, 0.3) is 39.0 Å². The van der Waals surface area contributed by atoms with Crippen LogP contribution in [0.4, 0.5) is 22.7 Å². The first-order valence-electron chi connectivity index (χ1n) is 18.7. The summed E-state index contributed by atoms with van der Waals surface area (Å²) in [6.07, 6.45) is 7.59. The third kappa shape index (κ3) is 5.98. The van der Waals surface area contributed by atoms with Gasteiger partial charge in [0.2, 0.25) is 0 Å². The number of nitrogens with zero attached hydrogens (tertiary/aromatic N) is 5. The topological polar surface area (TPSA) is 50.3 Å². The van der Waals surface area contributed by atoms with Gasteiger partial charge in [0.1, 0.15) is 5.58 Å². The number of hydrogen-bond acceptors (Lipinski definition) is 5. The molecular formula is C48H42IrN5O. The summed E-state index contributed by atoms with van der Waals surface area (Å²) >= 11 is 0. The minimum atomic E-state index is -0.233. The van der Waals surface area contributed by atoms with Gasteiger partial charge in [-0.25, -0.2) is 0 Å². The van der Waals surface area contributed by atoms with E-state index in [-0.39, 0.29) is 25.5 Å².